The van der Waals surface area contributed by atoms with Crippen molar-refractivity contribution in [2.75, 3.05) is 18.9 Å². The van der Waals surface area contributed by atoms with Crippen LogP contribution in [0.25, 0.3) is 10.9 Å². The summed E-state index contributed by atoms with van der Waals surface area (Å²) in [7, 11) is 0. The van der Waals surface area contributed by atoms with Crippen LogP contribution in [0.5, 0.6) is 11.5 Å². The Morgan fingerprint density at radius 1 is 0.857 bits per heavy atom. The van der Waals surface area contributed by atoms with Crippen LogP contribution in [0.3, 0.4) is 0 Å². The quantitative estimate of drug-likeness (QED) is 0.575. The Labute approximate surface area is 123 Å². The maximum Gasteiger partial charge on any atom is 0.122 e. The Bertz CT molecular complexity index is 743. The monoisotopic (exact) mass is 280 g/mol. The lowest BCUT2D eigenvalue weighted by molar-refractivity contribution is 0.217. The smallest absolute Gasteiger partial charge is 0.122 e. The molecule has 0 unspecified atom stereocenters. The second-order valence-corrected chi connectivity index (χ2v) is 4.63. The number of anilines is 1. The predicted molar refractivity (Wildman–Crippen MR) is 83.6 cm³/mol. The molecule has 0 bridgehead atoms. The summed E-state index contributed by atoms with van der Waals surface area (Å²) in [5.41, 5.74) is 7.30. The third-order valence-corrected chi connectivity index (χ3v) is 3.06. The summed E-state index contributed by atoms with van der Waals surface area (Å²) in [6.45, 7) is 0.927. The van der Waals surface area contributed by atoms with E-state index in [9.17, 15) is 0 Å². The fraction of sp³-hybridized carbons (Fsp3) is 0.118. The van der Waals surface area contributed by atoms with E-state index in [-0.39, 0.29) is 0 Å². The van der Waals surface area contributed by atoms with E-state index in [0.29, 0.717) is 18.9 Å². The molecule has 3 rings (SSSR count). The lowest BCUT2D eigenvalue weighted by Crippen LogP contribution is -2.09. The number of rotatable bonds is 5. The third-order valence-electron chi connectivity index (χ3n) is 3.06. The second kappa shape index (κ2) is 6.13. The molecule has 0 spiro atoms. The van der Waals surface area contributed by atoms with E-state index in [1.807, 2.05) is 48.5 Å². The zero-order valence-electron chi connectivity index (χ0n) is 11.5. The average Bonchev–Trinajstić information content (AvgIpc) is 2.51. The number of nitrogen functional groups attached to an aromatic ring is 1. The first-order valence-corrected chi connectivity index (χ1v) is 6.77. The van der Waals surface area contributed by atoms with Gasteiger partial charge in [-0.15, -0.1) is 0 Å². The van der Waals surface area contributed by atoms with Gasteiger partial charge in [0.15, 0.2) is 0 Å². The molecule has 2 aromatic carbocycles. The zero-order valence-corrected chi connectivity index (χ0v) is 11.5. The first kappa shape index (κ1) is 13.2. The van der Waals surface area contributed by atoms with E-state index in [1.54, 1.807) is 12.3 Å². The molecule has 0 radical (unpaired) electrons. The molecule has 0 saturated heterocycles. The first-order chi connectivity index (χ1) is 10.3. The number of nitrogens with two attached hydrogens (primary N) is 1. The minimum Gasteiger partial charge on any atom is -0.490 e. The van der Waals surface area contributed by atoms with Crippen molar-refractivity contribution in [3.63, 3.8) is 0 Å². The topological polar surface area (TPSA) is 57.4 Å². The minimum atomic E-state index is 0.462. The summed E-state index contributed by atoms with van der Waals surface area (Å²) in [6.07, 6.45) is 1.77. The van der Waals surface area contributed by atoms with Gasteiger partial charge in [-0.2, -0.15) is 0 Å². The number of hydrogen-bond donors (Lipinski definition) is 1. The molecule has 1 aromatic heterocycles. The zero-order chi connectivity index (χ0) is 14.5. The van der Waals surface area contributed by atoms with Gasteiger partial charge in [-0.3, -0.25) is 4.98 Å². The molecule has 0 aliphatic heterocycles. The van der Waals surface area contributed by atoms with Crippen LogP contribution in [0.4, 0.5) is 5.69 Å². The van der Waals surface area contributed by atoms with E-state index >= 15 is 0 Å². The van der Waals surface area contributed by atoms with Crippen LogP contribution in [-0.4, -0.2) is 18.2 Å². The summed E-state index contributed by atoms with van der Waals surface area (Å²) < 4.78 is 11.2. The molecular weight excluding hydrogens is 264 g/mol. The van der Waals surface area contributed by atoms with Crippen LogP contribution in [-0.2, 0) is 0 Å². The molecule has 2 N–H and O–H groups in total. The molecule has 106 valence electrons. The van der Waals surface area contributed by atoms with Crippen molar-refractivity contribution in [2.45, 2.75) is 0 Å². The lowest BCUT2D eigenvalue weighted by Gasteiger charge is -2.09. The van der Waals surface area contributed by atoms with Crippen LogP contribution in [0.2, 0.25) is 0 Å². The number of pyridine rings is 1. The maximum absolute atomic E-state index is 5.69. The highest BCUT2D eigenvalue weighted by Gasteiger charge is 1.99. The molecule has 0 aliphatic rings. The van der Waals surface area contributed by atoms with E-state index < -0.39 is 0 Å². The van der Waals surface area contributed by atoms with Crippen molar-refractivity contribution in [3.05, 3.63) is 60.8 Å². The first-order valence-electron chi connectivity index (χ1n) is 6.77. The van der Waals surface area contributed by atoms with Gasteiger partial charge in [0.1, 0.15) is 24.7 Å². The van der Waals surface area contributed by atoms with Gasteiger partial charge in [-0.05, 0) is 30.3 Å². The molecule has 0 fully saturated rings. The predicted octanol–water partition coefficient (Wildman–Crippen LogP) is 3.27. The maximum atomic E-state index is 5.69. The molecule has 0 aliphatic carbocycles. The van der Waals surface area contributed by atoms with E-state index in [0.717, 1.165) is 22.4 Å². The molecular formula is C17H16N2O2. The number of fused-ring (bicyclic) bond motifs is 1. The molecule has 1 heterocycles. The Morgan fingerprint density at radius 2 is 1.67 bits per heavy atom. The van der Waals surface area contributed by atoms with Crippen LogP contribution >= 0.6 is 0 Å². The summed E-state index contributed by atoms with van der Waals surface area (Å²) in [5, 5.41) is 1.10. The lowest BCUT2D eigenvalue weighted by atomic mass is 10.2. The normalized spacial score (nSPS) is 10.5. The SMILES string of the molecule is Nc1cccc(OCCOc2ccc3cccnc3c2)c1. The van der Waals surface area contributed by atoms with Crippen LogP contribution in [0.1, 0.15) is 0 Å². The van der Waals surface area contributed by atoms with Gasteiger partial charge in [0.2, 0.25) is 0 Å². The summed E-state index contributed by atoms with van der Waals surface area (Å²) in [4.78, 5) is 4.30. The van der Waals surface area contributed by atoms with Gasteiger partial charge in [-0.25, -0.2) is 0 Å². The molecule has 0 amide bonds. The molecule has 4 heteroatoms. The van der Waals surface area contributed by atoms with Gasteiger partial charge in [0, 0.05) is 29.4 Å². The fourth-order valence-corrected chi connectivity index (χ4v) is 2.06. The van der Waals surface area contributed by atoms with E-state index in [2.05, 4.69) is 4.98 Å². The van der Waals surface area contributed by atoms with Crippen molar-refractivity contribution in [2.24, 2.45) is 0 Å². The van der Waals surface area contributed by atoms with Crippen molar-refractivity contribution in [1.82, 2.24) is 4.98 Å². The Morgan fingerprint density at radius 3 is 2.48 bits per heavy atom. The van der Waals surface area contributed by atoms with Gasteiger partial charge >= 0.3 is 0 Å². The largest absolute Gasteiger partial charge is 0.490 e. The summed E-state index contributed by atoms with van der Waals surface area (Å²) in [5.74, 6) is 1.54. The highest BCUT2D eigenvalue weighted by molar-refractivity contribution is 5.79. The van der Waals surface area contributed by atoms with Crippen molar-refractivity contribution >= 4 is 16.6 Å². The standard InChI is InChI=1S/C17H16N2O2/c18-14-4-1-5-15(11-14)20-9-10-21-16-7-6-13-3-2-8-19-17(13)12-16/h1-8,11-12H,9-10,18H2. The summed E-state index contributed by atoms with van der Waals surface area (Å²) in [6, 6.07) is 17.1. The number of benzene rings is 2. The highest BCUT2D eigenvalue weighted by Crippen LogP contribution is 2.19. The van der Waals surface area contributed by atoms with Crippen molar-refractivity contribution in [3.8, 4) is 11.5 Å². The number of aromatic nitrogens is 1. The molecule has 0 atom stereocenters. The Kier molecular flexibility index (Phi) is 3.87. The highest BCUT2D eigenvalue weighted by atomic mass is 16.5. The van der Waals surface area contributed by atoms with Crippen molar-refractivity contribution in [1.29, 1.82) is 0 Å². The van der Waals surface area contributed by atoms with Gasteiger partial charge in [0.25, 0.3) is 0 Å². The van der Waals surface area contributed by atoms with E-state index in [1.165, 1.54) is 0 Å². The van der Waals surface area contributed by atoms with Gasteiger partial charge in [0.05, 0.1) is 5.52 Å². The summed E-state index contributed by atoms with van der Waals surface area (Å²) >= 11 is 0. The molecule has 4 nitrogen and oxygen atoms in total. The van der Waals surface area contributed by atoms with Gasteiger partial charge in [-0.1, -0.05) is 12.1 Å². The fourth-order valence-electron chi connectivity index (χ4n) is 2.06. The average molecular weight is 280 g/mol. The van der Waals surface area contributed by atoms with Crippen LogP contribution in [0, 0.1) is 0 Å². The minimum absolute atomic E-state index is 0.462. The number of nitrogens with zero attached hydrogens (tertiary/aromatic N) is 1. The molecule has 21 heavy (non-hydrogen) atoms. The van der Waals surface area contributed by atoms with Crippen LogP contribution in [0.15, 0.2) is 60.8 Å². The Balaban J connectivity index is 1.54. The van der Waals surface area contributed by atoms with E-state index in [4.69, 9.17) is 15.2 Å². The molecule has 0 saturated carbocycles. The second-order valence-electron chi connectivity index (χ2n) is 4.63. The Hall–Kier alpha value is -2.75. The van der Waals surface area contributed by atoms with Crippen LogP contribution < -0.4 is 15.2 Å². The number of ether oxygens (including phenoxy) is 2. The van der Waals surface area contributed by atoms with Gasteiger partial charge < -0.3 is 15.2 Å². The third kappa shape index (κ3) is 3.42. The molecule has 3 aromatic rings. The number of hydrogen-bond acceptors (Lipinski definition) is 4. The van der Waals surface area contributed by atoms with Crippen molar-refractivity contribution < 1.29 is 9.47 Å².